The Balaban J connectivity index is 2.68. The molecule has 0 spiro atoms. The molecule has 1 aromatic carbocycles. The Bertz CT molecular complexity index is 610. The molecule has 0 fully saturated rings. The molecule has 0 saturated carbocycles. The average Bonchev–Trinajstić information content (AvgIpc) is 2.72. The van der Waals surface area contributed by atoms with E-state index >= 15 is 0 Å². The van der Waals surface area contributed by atoms with Crippen molar-refractivity contribution in [3.8, 4) is 11.4 Å². The van der Waals surface area contributed by atoms with E-state index in [1.807, 2.05) is 24.4 Å². The predicted molar refractivity (Wildman–Crippen MR) is 76.3 cm³/mol. The lowest BCUT2D eigenvalue weighted by Gasteiger charge is -2.14. The van der Waals surface area contributed by atoms with Gasteiger partial charge in [0.2, 0.25) is 0 Å². The lowest BCUT2D eigenvalue weighted by atomic mass is 10.1. The van der Waals surface area contributed by atoms with Gasteiger partial charge < -0.3 is 9.72 Å². The number of nitrogens with zero attached hydrogens (tertiary/aromatic N) is 1. The Morgan fingerprint density at radius 3 is 2.67 bits per heavy atom. The fourth-order valence-corrected chi connectivity index (χ4v) is 2.28. The summed E-state index contributed by atoms with van der Waals surface area (Å²) in [6.07, 6.45) is 1.98. The van der Waals surface area contributed by atoms with Gasteiger partial charge in [-0.2, -0.15) is 0 Å². The molecule has 2 rings (SSSR count). The van der Waals surface area contributed by atoms with Crippen LogP contribution in [0.25, 0.3) is 5.69 Å². The van der Waals surface area contributed by atoms with Crippen molar-refractivity contribution < 1.29 is 4.74 Å². The van der Waals surface area contributed by atoms with Crippen LogP contribution in [0.5, 0.6) is 5.75 Å². The molecule has 0 atom stereocenters. The van der Waals surface area contributed by atoms with Crippen molar-refractivity contribution in [1.29, 1.82) is 0 Å². The summed E-state index contributed by atoms with van der Waals surface area (Å²) in [7, 11) is 1.67. The van der Waals surface area contributed by atoms with Gasteiger partial charge in [-0.05, 0) is 36.7 Å². The normalized spacial score (nSPS) is 10.9. The molecule has 0 saturated heterocycles. The van der Waals surface area contributed by atoms with Crippen molar-refractivity contribution >= 4 is 12.2 Å². The lowest BCUT2D eigenvalue weighted by Crippen LogP contribution is -2.04. The zero-order valence-corrected chi connectivity index (χ0v) is 12.0. The molecule has 0 bridgehead atoms. The summed E-state index contributed by atoms with van der Waals surface area (Å²) < 4.78 is 8.09. The van der Waals surface area contributed by atoms with Crippen LogP contribution in [0.4, 0.5) is 0 Å². The predicted octanol–water partition coefficient (Wildman–Crippen LogP) is 3.98. The van der Waals surface area contributed by atoms with E-state index in [1.165, 1.54) is 11.3 Å². The van der Waals surface area contributed by atoms with Crippen LogP contribution >= 0.6 is 12.2 Å². The maximum absolute atomic E-state index is 5.38. The van der Waals surface area contributed by atoms with Gasteiger partial charge in [-0.25, -0.2) is 0 Å². The molecule has 0 aliphatic rings. The van der Waals surface area contributed by atoms with Crippen LogP contribution in [0.1, 0.15) is 31.0 Å². The number of rotatable bonds is 3. The van der Waals surface area contributed by atoms with Crippen molar-refractivity contribution in [2.45, 2.75) is 26.7 Å². The van der Waals surface area contributed by atoms with Crippen LogP contribution in [0.15, 0.2) is 24.4 Å². The highest BCUT2D eigenvalue weighted by atomic mass is 32.1. The molecule has 1 N–H and O–H groups in total. The molecule has 1 aromatic heterocycles. The Morgan fingerprint density at radius 2 is 2.06 bits per heavy atom. The largest absolute Gasteiger partial charge is 0.497 e. The SMILES string of the molecule is COc1ccc(C)c(-n2c(C(C)C)c[nH]c2=S)c1. The summed E-state index contributed by atoms with van der Waals surface area (Å²) in [4.78, 5) is 3.12. The zero-order valence-electron chi connectivity index (χ0n) is 11.2. The van der Waals surface area contributed by atoms with Crippen molar-refractivity contribution in [3.63, 3.8) is 0 Å². The highest BCUT2D eigenvalue weighted by Gasteiger charge is 2.12. The molecule has 18 heavy (non-hydrogen) atoms. The maximum atomic E-state index is 5.38. The smallest absolute Gasteiger partial charge is 0.182 e. The van der Waals surface area contributed by atoms with Gasteiger partial charge in [0.05, 0.1) is 12.8 Å². The highest BCUT2D eigenvalue weighted by molar-refractivity contribution is 7.71. The minimum absolute atomic E-state index is 0.406. The van der Waals surface area contributed by atoms with Crippen LogP contribution in [0.2, 0.25) is 0 Å². The number of aromatic amines is 1. The molecule has 4 heteroatoms. The van der Waals surface area contributed by atoms with E-state index in [4.69, 9.17) is 17.0 Å². The number of methoxy groups -OCH3 is 1. The molecule has 0 aliphatic carbocycles. The lowest BCUT2D eigenvalue weighted by molar-refractivity contribution is 0.414. The first kappa shape index (κ1) is 12.9. The first-order valence-corrected chi connectivity index (χ1v) is 6.40. The Hall–Kier alpha value is -1.55. The van der Waals surface area contributed by atoms with Gasteiger partial charge in [-0.1, -0.05) is 19.9 Å². The van der Waals surface area contributed by atoms with E-state index < -0.39 is 0 Å². The zero-order chi connectivity index (χ0) is 13.3. The van der Waals surface area contributed by atoms with E-state index in [0.29, 0.717) is 5.92 Å². The second-order valence-corrected chi connectivity index (χ2v) is 5.05. The number of aromatic nitrogens is 2. The first-order valence-electron chi connectivity index (χ1n) is 6.00. The van der Waals surface area contributed by atoms with Crippen LogP contribution in [0.3, 0.4) is 0 Å². The molecule has 0 aliphatic heterocycles. The fourth-order valence-electron chi connectivity index (χ4n) is 2.01. The molecule has 1 heterocycles. The number of hydrogen-bond donors (Lipinski definition) is 1. The standard InChI is InChI=1S/C14H18N2OS/c1-9(2)13-8-15-14(18)16(13)12-7-11(17-4)6-5-10(12)3/h5-9H,1-4H3,(H,15,18). The number of aryl methyl sites for hydroxylation is 1. The summed E-state index contributed by atoms with van der Waals surface area (Å²) in [5.41, 5.74) is 3.43. The highest BCUT2D eigenvalue weighted by Crippen LogP contribution is 2.25. The molecular weight excluding hydrogens is 244 g/mol. The number of imidazole rings is 1. The van der Waals surface area contributed by atoms with Crippen molar-refractivity contribution in [2.24, 2.45) is 0 Å². The van der Waals surface area contributed by atoms with Crippen LogP contribution in [-0.2, 0) is 0 Å². The third kappa shape index (κ3) is 2.20. The van der Waals surface area contributed by atoms with Gasteiger partial charge in [-0.15, -0.1) is 0 Å². The number of H-pyrrole nitrogens is 1. The van der Waals surface area contributed by atoms with E-state index in [0.717, 1.165) is 16.2 Å². The second-order valence-electron chi connectivity index (χ2n) is 4.66. The monoisotopic (exact) mass is 262 g/mol. The average molecular weight is 262 g/mol. The molecule has 0 unspecified atom stereocenters. The quantitative estimate of drug-likeness (QED) is 0.848. The van der Waals surface area contributed by atoms with Crippen LogP contribution < -0.4 is 4.74 Å². The van der Waals surface area contributed by atoms with Crippen LogP contribution in [0, 0.1) is 11.7 Å². The maximum Gasteiger partial charge on any atom is 0.182 e. The van der Waals surface area contributed by atoms with Crippen molar-refractivity contribution in [3.05, 3.63) is 40.4 Å². The van der Waals surface area contributed by atoms with Gasteiger partial charge in [0.1, 0.15) is 5.75 Å². The van der Waals surface area contributed by atoms with E-state index in [2.05, 4.69) is 30.3 Å². The summed E-state index contributed by atoms with van der Waals surface area (Å²) >= 11 is 5.38. The molecule has 0 amide bonds. The summed E-state index contributed by atoms with van der Waals surface area (Å²) in [5, 5.41) is 0. The van der Waals surface area contributed by atoms with Crippen molar-refractivity contribution in [1.82, 2.24) is 9.55 Å². The first-order chi connectivity index (χ1) is 8.54. The third-order valence-corrected chi connectivity index (χ3v) is 3.35. The van der Waals surface area contributed by atoms with E-state index in [-0.39, 0.29) is 0 Å². The minimum atomic E-state index is 0.406. The summed E-state index contributed by atoms with van der Waals surface area (Å²) in [6, 6.07) is 6.03. The van der Waals surface area contributed by atoms with Gasteiger partial charge in [0, 0.05) is 18.0 Å². The third-order valence-electron chi connectivity index (χ3n) is 3.05. The van der Waals surface area contributed by atoms with E-state index in [1.54, 1.807) is 7.11 Å². The Morgan fingerprint density at radius 1 is 1.33 bits per heavy atom. The molecule has 2 aromatic rings. The molecule has 0 radical (unpaired) electrons. The summed E-state index contributed by atoms with van der Waals surface area (Å²) in [5.74, 6) is 1.25. The van der Waals surface area contributed by atoms with Gasteiger partial charge >= 0.3 is 0 Å². The Labute approximate surface area is 112 Å². The number of benzene rings is 1. The number of ether oxygens (including phenoxy) is 1. The minimum Gasteiger partial charge on any atom is -0.497 e. The second kappa shape index (κ2) is 4.98. The van der Waals surface area contributed by atoms with Gasteiger partial charge in [0.15, 0.2) is 4.77 Å². The molecule has 96 valence electrons. The van der Waals surface area contributed by atoms with Crippen LogP contribution in [-0.4, -0.2) is 16.7 Å². The van der Waals surface area contributed by atoms with Crippen molar-refractivity contribution in [2.75, 3.05) is 7.11 Å². The Kier molecular flexibility index (Phi) is 3.57. The topological polar surface area (TPSA) is 29.9 Å². The molecular formula is C14H18N2OS. The van der Waals surface area contributed by atoms with Gasteiger partial charge in [0.25, 0.3) is 0 Å². The van der Waals surface area contributed by atoms with Gasteiger partial charge in [-0.3, -0.25) is 4.57 Å². The molecule has 3 nitrogen and oxygen atoms in total. The van der Waals surface area contributed by atoms with E-state index in [9.17, 15) is 0 Å². The summed E-state index contributed by atoms with van der Waals surface area (Å²) in [6.45, 7) is 6.39. The number of nitrogens with one attached hydrogen (secondary N) is 1. The number of hydrogen-bond acceptors (Lipinski definition) is 2. The fraction of sp³-hybridized carbons (Fsp3) is 0.357.